The Kier molecular flexibility index (Phi) is 6.78. The fourth-order valence-corrected chi connectivity index (χ4v) is 7.28. The predicted molar refractivity (Wildman–Crippen MR) is 209 cm³/mol. The molecule has 2 heterocycles. The summed E-state index contributed by atoms with van der Waals surface area (Å²) < 4.78 is 6.56. The Hall–Kier alpha value is -6.91. The minimum absolute atomic E-state index is 0.592. The van der Waals surface area contributed by atoms with Crippen molar-refractivity contribution >= 4 is 43.5 Å². The van der Waals surface area contributed by atoms with Crippen LogP contribution in [-0.4, -0.2) is 15.0 Å². The lowest BCUT2D eigenvalue weighted by atomic mass is 9.95. The Morgan fingerprint density at radius 2 is 0.941 bits per heavy atom. The maximum absolute atomic E-state index is 6.56. The van der Waals surface area contributed by atoms with Crippen molar-refractivity contribution in [2.24, 2.45) is 0 Å². The van der Waals surface area contributed by atoms with E-state index in [2.05, 4.69) is 133 Å². The maximum Gasteiger partial charge on any atom is 0.164 e. The van der Waals surface area contributed by atoms with Gasteiger partial charge in [-0.05, 0) is 74.1 Å². The Labute approximate surface area is 294 Å². The van der Waals surface area contributed by atoms with Crippen LogP contribution >= 0.6 is 0 Å². The number of benzene rings is 8. The average molecular weight is 652 g/mol. The zero-order valence-electron chi connectivity index (χ0n) is 27.5. The van der Waals surface area contributed by atoms with Gasteiger partial charge in [-0.1, -0.05) is 146 Å². The Morgan fingerprint density at radius 3 is 1.76 bits per heavy atom. The normalized spacial score (nSPS) is 11.5. The number of furan rings is 1. The second-order valence-corrected chi connectivity index (χ2v) is 12.8. The maximum atomic E-state index is 6.56. The summed E-state index contributed by atoms with van der Waals surface area (Å²) in [7, 11) is 0. The Morgan fingerprint density at radius 1 is 0.314 bits per heavy atom. The first-order valence-corrected chi connectivity index (χ1v) is 17.1. The topological polar surface area (TPSA) is 51.8 Å². The van der Waals surface area contributed by atoms with Crippen LogP contribution in [0.1, 0.15) is 0 Å². The lowest BCUT2D eigenvalue weighted by molar-refractivity contribution is 0.669. The van der Waals surface area contributed by atoms with Gasteiger partial charge in [0.2, 0.25) is 0 Å². The molecule has 0 radical (unpaired) electrons. The van der Waals surface area contributed by atoms with Crippen molar-refractivity contribution in [2.45, 2.75) is 0 Å². The third-order valence-corrected chi connectivity index (χ3v) is 9.71. The second kappa shape index (κ2) is 11.9. The minimum atomic E-state index is 0.592. The quantitative estimate of drug-likeness (QED) is 0.174. The number of hydrogen-bond donors (Lipinski definition) is 0. The molecule has 0 fully saturated rings. The third-order valence-electron chi connectivity index (χ3n) is 9.71. The molecule has 4 heteroatoms. The van der Waals surface area contributed by atoms with Crippen molar-refractivity contribution in [3.8, 4) is 56.4 Å². The lowest BCUT2D eigenvalue weighted by Gasteiger charge is -2.12. The van der Waals surface area contributed by atoms with E-state index in [0.717, 1.165) is 60.5 Å². The van der Waals surface area contributed by atoms with Crippen molar-refractivity contribution in [1.29, 1.82) is 0 Å². The first-order valence-electron chi connectivity index (χ1n) is 17.1. The van der Waals surface area contributed by atoms with E-state index in [0.29, 0.717) is 17.5 Å². The van der Waals surface area contributed by atoms with Crippen molar-refractivity contribution < 1.29 is 4.42 Å². The largest absolute Gasteiger partial charge is 0.456 e. The van der Waals surface area contributed by atoms with Gasteiger partial charge in [0, 0.05) is 27.5 Å². The molecule has 0 amide bonds. The van der Waals surface area contributed by atoms with Crippen molar-refractivity contribution in [3.05, 3.63) is 176 Å². The molecule has 0 aliphatic heterocycles. The summed E-state index contributed by atoms with van der Waals surface area (Å²) in [6.45, 7) is 0. The standard InChI is InChI=1S/C47H29N3O/c1-3-13-30(14-4-1)32-18-11-19-33(27-32)37-23-12-24-42-44(37)40-26-25-35(29-43(40)51-42)46-48-45(31-15-5-2-6-16-31)49-47(50-46)41-28-34-17-7-8-20-36(34)38-21-9-10-22-39(38)41/h1-29H. The summed E-state index contributed by atoms with van der Waals surface area (Å²) in [5.41, 5.74) is 9.04. The van der Waals surface area contributed by atoms with Gasteiger partial charge in [-0.15, -0.1) is 0 Å². The number of nitrogens with zero attached hydrogens (tertiary/aromatic N) is 3. The van der Waals surface area contributed by atoms with Crippen molar-refractivity contribution in [2.75, 3.05) is 0 Å². The van der Waals surface area contributed by atoms with E-state index in [-0.39, 0.29) is 0 Å². The van der Waals surface area contributed by atoms with Crippen LogP contribution in [0.3, 0.4) is 0 Å². The SMILES string of the molecule is c1ccc(-c2cccc(-c3cccc4oc5cc(-c6nc(-c7ccccc7)nc(-c7cc8ccccc8c8ccccc78)n6)ccc5c34)c2)cc1. The molecule has 2 aromatic heterocycles. The number of aromatic nitrogens is 3. The van der Waals surface area contributed by atoms with Crippen LogP contribution in [0, 0.1) is 0 Å². The molecule has 0 bridgehead atoms. The molecule has 0 saturated heterocycles. The lowest BCUT2D eigenvalue weighted by Crippen LogP contribution is -2.00. The molecule has 0 aliphatic carbocycles. The van der Waals surface area contributed by atoms with Gasteiger partial charge < -0.3 is 4.42 Å². The Balaban J connectivity index is 1.15. The molecule has 238 valence electrons. The smallest absolute Gasteiger partial charge is 0.164 e. The predicted octanol–water partition coefficient (Wildman–Crippen LogP) is 12.4. The summed E-state index contributed by atoms with van der Waals surface area (Å²) in [5.74, 6) is 1.85. The molecule has 0 saturated carbocycles. The molecule has 0 spiro atoms. The van der Waals surface area contributed by atoms with Crippen LogP contribution in [-0.2, 0) is 0 Å². The highest BCUT2D eigenvalue weighted by Crippen LogP contribution is 2.40. The second-order valence-electron chi connectivity index (χ2n) is 12.8. The third kappa shape index (κ3) is 5.04. The van der Waals surface area contributed by atoms with Crippen LogP contribution in [0.4, 0.5) is 0 Å². The first kappa shape index (κ1) is 29.0. The molecule has 8 aromatic carbocycles. The molecule has 10 rings (SSSR count). The fourth-order valence-electron chi connectivity index (χ4n) is 7.28. The van der Waals surface area contributed by atoms with E-state index < -0.39 is 0 Å². The van der Waals surface area contributed by atoms with E-state index in [9.17, 15) is 0 Å². The highest BCUT2D eigenvalue weighted by molar-refractivity contribution is 6.14. The van der Waals surface area contributed by atoms with Crippen LogP contribution < -0.4 is 0 Å². The number of rotatable bonds is 5. The fraction of sp³-hybridized carbons (Fsp3) is 0. The molecular formula is C47H29N3O. The monoisotopic (exact) mass is 651 g/mol. The highest BCUT2D eigenvalue weighted by Gasteiger charge is 2.18. The molecule has 0 atom stereocenters. The van der Waals surface area contributed by atoms with E-state index in [1.165, 1.54) is 21.9 Å². The van der Waals surface area contributed by atoms with E-state index in [4.69, 9.17) is 19.4 Å². The van der Waals surface area contributed by atoms with Gasteiger partial charge in [0.15, 0.2) is 17.5 Å². The Bertz CT molecular complexity index is 2910. The van der Waals surface area contributed by atoms with E-state index >= 15 is 0 Å². The van der Waals surface area contributed by atoms with Crippen LogP contribution in [0.2, 0.25) is 0 Å². The summed E-state index contributed by atoms with van der Waals surface area (Å²) in [4.78, 5) is 15.3. The summed E-state index contributed by atoms with van der Waals surface area (Å²) in [5, 5.41) is 6.76. The van der Waals surface area contributed by atoms with Gasteiger partial charge in [-0.2, -0.15) is 0 Å². The zero-order valence-corrected chi connectivity index (χ0v) is 27.5. The molecular weight excluding hydrogens is 623 g/mol. The van der Waals surface area contributed by atoms with Crippen LogP contribution in [0.15, 0.2) is 180 Å². The molecule has 51 heavy (non-hydrogen) atoms. The first-order chi connectivity index (χ1) is 25.3. The molecule has 0 unspecified atom stereocenters. The molecule has 0 N–H and O–H groups in total. The summed E-state index contributed by atoms with van der Waals surface area (Å²) in [6.07, 6.45) is 0. The van der Waals surface area contributed by atoms with E-state index in [1.54, 1.807) is 0 Å². The van der Waals surface area contributed by atoms with Crippen LogP contribution in [0.5, 0.6) is 0 Å². The van der Waals surface area contributed by atoms with Crippen LogP contribution in [0.25, 0.3) is 99.9 Å². The summed E-state index contributed by atoms with van der Waals surface area (Å²) in [6, 6.07) is 61.0. The van der Waals surface area contributed by atoms with Gasteiger partial charge in [0.1, 0.15) is 11.2 Å². The summed E-state index contributed by atoms with van der Waals surface area (Å²) >= 11 is 0. The zero-order chi connectivity index (χ0) is 33.7. The van der Waals surface area contributed by atoms with Crippen molar-refractivity contribution in [1.82, 2.24) is 15.0 Å². The van der Waals surface area contributed by atoms with Gasteiger partial charge in [0.25, 0.3) is 0 Å². The average Bonchev–Trinajstić information content (AvgIpc) is 3.59. The van der Waals surface area contributed by atoms with Gasteiger partial charge in [0.05, 0.1) is 0 Å². The number of fused-ring (bicyclic) bond motifs is 6. The molecule has 4 nitrogen and oxygen atoms in total. The highest BCUT2D eigenvalue weighted by atomic mass is 16.3. The van der Waals surface area contributed by atoms with E-state index in [1.807, 2.05) is 42.5 Å². The molecule has 0 aliphatic rings. The van der Waals surface area contributed by atoms with Gasteiger partial charge in [-0.3, -0.25) is 0 Å². The van der Waals surface area contributed by atoms with Gasteiger partial charge >= 0.3 is 0 Å². The molecule has 10 aromatic rings. The number of hydrogen-bond acceptors (Lipinski definition) is 4. The van der Waals surface area contributed by atoms with Crippen molar-refractivity contribution in [3.63, 3.8) is 0 Å². The minimum Gasteiger partial charge on any atom is -0.456 e. The van der Waals surface area contributed by atoms with Gasteiger partial charge in [-0.25, -0.2) is 15.0 Å².